The predicted molar refractivity (Wildman–Crippen MR) is 64.6 cm³/mol. The summed E-state index contributed by atoms with van der Waals surface area (Å²) in [6.07, 6.45) is -0.849. The van der Waals surface area contributed by atoms with Crippen LogP contribution >= 0.6 is 0 Å². The molecule has 0 aliphatic heterocycles. The fraction of sp³-hybridized carbons (Fsp3) is 0.385. The minimum atomic E-state index is -0.886. The Labute approximate surface area is 105 Å². The molecular formula is C13H16O5. The molecule has 18 heavy (non-hydrogen) atoms. The highest BCUT2D eigenvalue weighted by Crippen LogP contribution is 2.31. The topological polar surface area (TPSA) is 72.8 Å². The normalized spacial score (nSPS) is 11.8. The summed E-state index contributed by atoms with van der Waals surface area (Å²) in [5.41, 5.74) is 0.540. The lowest BCUT2D eigenvalue weighted by Crippen LogP contribution is -2.06. The van der Waals surface area contributed by atoms with Crippen LogP contribution in [0.1, 0.15) is 31.9 Å². The molecule has 0 aliphatic carbocycles. The van der Waals surface area contributed by atoms with Gasteiger partial charge in [-0.05, 0) is 24.6 Å². The molecule has 0 radical (unpaired) electrons. The van der Waals surface area contributed by atoms with Gasteiger partial charge < -0.3 is 14.6 Å². The predicted octanol–water partition coefficient (Wildman–Crippen LogP) is 1.63. The zero-order chi connectivity index (χ0) is 13.7. The molecule has 0 aliphatic rings. The molecule has 0 bridgehead atoms. The second-order valence-electron chi connectivity index (χ2n) is 3.93. The smallest absolute Gasteiger partial charge is 0.308 e. The maximum atomic E-state index is 10.9. The van der Waals surface area contributed by atoms with Crippen LogP contribution in [0, 0.1) is 0 Å². The fourth-order valence-electron chi connectivity index (χ4n) is 1.52. The maximum Gasteiger partial charge on any atom is 0.308 e. The molecule has 1 N–H and O–H groups in total. The Hall–Kier alpha value is -1.88. The van der Waals surface area contributed by atoms with Crippen LogP contribution in [0.2, 0.25) is 0 Å². The number of carbonyl (C=O) groups is 2. The third-order valence-corrected chi connectivity index (χ3v) is 2.31. The number of aliphatic hydroxyl groups is 1. The van der Waals surface area contributed by atoms with E-state index in [-0.39, 0.29) is 18.0 Å². The monoisotopic (exact) mass is 252 g/mol. The average Bonchev–Trinajstić information content (AvgIpc) is 2.27. The fourth-order valence-corrected chi connectivity index (χ4v) is 1.52. The number of aliphatic hydroxyl groups excluding tert-OH is 1. The maximum absolute atomic E-state index is 10.9. The van der Waals surface area contributed by atoms with Crippen LogP contribution in [-0.4, -0.2) is 24.0 Å². The largest absolute Gasteiger partial charge is 0.493 e. The average molecular weight is 252 g/mol. The van der Waals surface area contributed by atoms with Crippen molar-refractivity contribution >= 4 is 11.8 Å². The second kappa shape index (κ2) is 6.16. The lowest BCUT2D eigenvalue weighted by atomic mass is 10.0. The van der Waals surface area contributed by atoms with Crippen molar-refractivity contribution in [2.45, 2.75) is 26.4 Å². The molecule has 1 aromatic carbocycles. The summed E-state index contributed by atoms with van der Waals surface area (Å²) < 4.78 is 10.0. The van der Waals surface area contributed by atoms with Crippen LogP contribution in [-0.2, 0) is 9.59 Å². The molecule has 0 aromatic heterocycles. The molecule has 0 amide bonds. The number of esters is 1. The van der Waals surface area contributed by atoms with Crippen LogP contribution in [0.3, 0.4) is 0 Å². The number of hydrogen-bond acceptors (Lipinski definition) is 5. The lowest BCUT2D eigenvalue weighted by Gasteiger charge is -2.13. The number of ether oxygens (including phenoxy) is 2. The molecule has 1 rings (SSSR count). The summed E-state index contributed by atoms with van der Waals surface area (Å²) in [6.45, 7) is 2.70. The molecule has 1 atom stereocenters. The zero-order valence-electron chi connectivity index (χ0n) is 10.6. The van der Waals surface area contributed by atoms with Crippen LogP contribution in [0.4, 0.5) is 0 Å². The van der Waals surface area contributed by atoms with E-state index >= 15 is 0 Å². The third kappa shape index (κ3) is 3.85. The van der Waals surface area contributed by atoms with E-state index in [1.165, 1.54) is 27.0 Å². The number of hydrogen-bond donors (Lipinski definition) is 1. The summed E-state index contributed by atoms with van der Waals surface area (Å²) in [7, 11) is 1.43. The minimum Gasteiger partial charge on any atom is -0.493 e. The minimum absolute atomic E-state index is 0.0378. The van der Waals surface area contributed by atoms with Gasteiger partial charge in [-0.15, -0.1) is 0 Å². The number of benzene rings is 1. The van der Waals surface area contributed by atoms with E-state index in [4.69, 9.17) is 9.47 Å². The van der Waals surface area contributed by atoms with Crippen LogP contribution < -0.4 is 9.47 Å². The highest BCUT2D eigenvalue weighted by molar-refractivity contribution is 5.76. The number of Topliss-reactive ketones (excluding diaryl/α,β-unsaturated/α-hetero) is 1. The van der Waals surface area contributed by atoms with E-state index in [1.807, 2.05) is 0 Å². The van der Waals surface area contributed by atoms with Gasteiger partial charge in [-0.3, -0.25) is 9.59 Å². The van der Waals surface area contributed by atoms with Gasteiger partial charge in [-0.25, -0.2) is 0 Å². The Morgan fingerprint density at radius 2 is 1.94 bits per heavy atom. The lowest BCUT2D eigenvalue weighted by molar-refractivity contribution is -0.132. The molecule has 0 saturated heterocycles. The summed E-state index contributed by atoms with van der Waals surface area (Å²) in [6, 6.07) is 4.67. The summed E-state index contributed by atoms with van der Waals surface area (Å²) in [4.78, 5) is 21.8. The molecule has 5 heteroatoms. The molecule has 0 heterocycles. The molecule has 1 unspecified atom stereocenters. The standard InChI is InChI=1S/C13H16O5/c1-8(14)6-11(16)10-4-5-12(18-9(2)15)13(7-10)17-3/h4-5,7,11,16H,6H2,1-3H3. The Balaban J connectivity index is 2.97. The van der Waals surface area contributed by atoms with Crippen LogP contribution in [0.5, 0.6) is 11.5 Å². The van der Waals surface area contributed by atoms with Gasteiger partial charge in [0, 0.05) is 13.3 Å². The van der Waals surface area contributed by atoms with Gasteiger partial charge in [-0.2, -0.15) is 0 Å². The van der Waals surface area contributed by atoms with Gasteiger partial charge in [0.05, 0.1) is 13.2 Å². The zero-order valence-corrected chi connectivity index (χ0v) is 10.6. The molecular weight excluding hydrogens is 236 g/mol. The van der Waals surface area contributed by atoms with E-state index < -0.39 is 12.1 Å². The molecule has 0 fully saturated rings. The Bertz CT molecular complexity index is 453. The van der Waals surface area contributed by atoms with E-state index in [0.717, 1.165) is 0 Å². The summed E-state index contributed by atoms with van der Waals surface area (Å²) in [5, 5.41) is 9.80. The molecule has 0 saturated carbocycles. The number of rotatable bonds is 5. The van der Waals surface area contributed by atoms with E-state index in [9.17, 15) is 14.7 Å². The summed E-state index contributed by atoms with van der Waals surface area (Å²) >= 11 is 0. The van der Waals surface area contributed by atoms with Crippen molar-refractivity contribution in [2.24, 2.45) is 0 Å². The molecule has 1 aromatic rings. The van der Waals surface area contributed by atoms with E-state index in [2.05, 4.69) is 0 Å². The van der Waals surface area contributed by atoms with Crippen molar-refractivity contribution in [3.8, 4) is 11.5 Å². The van der Waals surface area contributed by atoms with Gasteiger partial charge in [0.25, 0.3) is 0 Å². The van der Waals surface area contributed by atoms with Gasteiger partial charge in [0.1, 0.15) is 5.78 Å². The number of carbonyl (C=O) groups excluding carboxylic acids is 2. The second-order valence-corrected chi connectivity index (χ2v) is 3.93. The first-order valence-electron chi connectivity index (χ1n) is 5.48. The van der Waals surface area contributed by atoms with Gasteiger partial charge >= 0.3 is 5.97 Å². The van der Waals surface area contributed by atoms with Crippen molar-refractivity contribution in [3.63, 3.8) is 0 Å². The van der Waals surface area contributed by atoms with Crippen LogP contribution in [0.15, 0.2) is 18.2 Å². The quantitative estimate of drug-likeness (QED) is 0.637. The number of methoxy groups -OCH3 is 1. The van der Waals surface area contributed by atoms with Crippen molar-refractivity contribution in [1.82, 2.24) is 0 Å². The van der Waals surface area contributed by atoms with Gasteiger partial charge in [0.2, 0.25) is 0 Å². The molecule has 0 spiro atoms. The van der Waals surface area contributed by atoms with Crippen molar-refractivity contribution < 1.29 is 24.2 Å². The summed E-state index contributed by atoms with van der Waals surface area (Å²) in [5.74, 6) is 0.0601. The highest BCUT2D eigenvalue weighted by Gasteiger charge is 2.14. The Morgan fingerprint density at radius 1 is 1.28 bits per heavy atom. The van der Waals surface area contributed by atoms with E-state index in [0.29, 0.717) is 11.3 Å². The Morgan fingerprint density at radius 3 is 2.44 bits per heavy atom. The van der Waals surface area contributed by atoms with Crippen LogP contribution in [0.25, 0.3) is 0 Å². The molecule has 98 valence electrons. The third-order valence-electron chi connectivity index (χ3n) is 2.31. The van der Waals surface area contributed by atoms with Gasteiger partial charge in [0.15, 0.2) is 11.5 Å². The highest BCUT2D eigenvalue weighted by atomic mass is 16.6. The molecule has 5 nitrogen and oxygen atoms in total. The first kappa shape index (κ1) is 14.2. The van der Waals surface area contributed by atoms with E-state index in [1.54, 1.807) is 12.1 Å². The SMILES string of the molecule is COc1cc(C(O)CC(C)=O)ccc1OC(C)=O. The Kier molecular flexibility index (Phi) is 4.85. The first-order valence-corrected chi connectivity index (χ1v) is 5.48. The first-order chi connectivity index (χ1) is 8.43. The van der Waals surface area contributed by atoms with Crippen molar-refractivity contribution in [1.29, 1.82) is 0 Å². The van der Waals surface area contributed by atoms with Crippen molar-refractivity contribution in [3.05, 3.63) is 23.8 Å². The van der Waals surface area contributed by atoms with Crippen molar-refractivity contribution in [2.75, 3.05) is 7.11 Å². The van der Waals surface area contributed by atoms with Gasteiger partial charge in [-0.1, -0.05) is 6.07 Å². The number of ketones is 1.